The first kappa shape index (κ1) is 24.3. The van der Waals surface area contributed by atoms with Crippen LogP contribution in [0, 0.1) is 29.2 Å². The highest BCUT2D eigenvalue weighted by Crippen LogP contribution is 2.39. The molecule has 5 rings (SSSR count). The number of halogens is 4. The molecule has 36 heavy (non-hydrogen) atoms. The Balaban J connectivity index is 1.31. The zero-order chi connectivity index (χ0) is 25.4. The maximum absolute atomic E-state index is 15.0. The average Bonchev–Trinajstić information content (AvgIpc) is 3.74. The second kappa shape index (κ2) is 9.90. The molecule has 0 aromatic heterocycles. The first-order chi connectivity index (χ1) is 17.4. The first-order valence-corrected chi connectivity index (χ1v) is 11.9. The number of rotatable bonds is 6. The van der Waals surface area contributed by atoms with E-state index in [-0.39, 0.29) is 22.6 Å². The monoisotopic (exact) mass is 496 g/mol. The topological polar surface area (TPSA) is 38.8 Å². The lowest BCUT2D eigenvalue weighted by atomic mass is 9.78. The largest absolute Gasteiger partial charge is 0.420 e. The van der Waals surface area contributed by atoms with Gasteiger partial charge >= 0.3 is 5.97 Å². The standard InChI is InChI=1S/C29H24F4O3/c1-2-16-3-5-17(6-4-16)20-11-12-21(26(31)25(20)30)18-7-9-19(10-8-18)29(34)36-23-14-13-22(24-15-35-24)27(32)28(23)33/h2,7-14,16-17,24H,1,3-6,15H2. The van der Waals surface area contributed by atoms with Crippen LogP contribution in [-0.4, -0.2) is 12.6 Å². The molecule has 1 saturated heterocycles. The van der Waals surface area contributed by atoms with Crippen LogP contribution in [-0.2, 0) is 4.74 Å². The van der Waals surface area contributed by atoms with Crippen LogP contribution in [0.3, 0.4) is 0 Å². The van der Waals surface area contributed by atoms with E-state index in [0.717, 1.165) is 25.7 Å². The zero-order valence-corrected chi connectivity index (χ0v) is 19.4. The number of carbonyl (C=O) groups excluding carboxylic acids is 1. The molecule has 0 bridgehead atoms. The van der Waals surface area contributed by atoms with Crippen molar-refractivity contribution in [3.63, 3.8) is 0 Å². The van der Waals surface area contributed by atoms with Crippen molar-refractivity contribution in [2.24, 2.45) is 5.92 Å². The number of hydrogen-bond acceptors (Lipinski definition) is 3. The number of allylic oxidation sites excluding steroid dienone is 1. The van der Waals surface area contributed by atoms with Crippen LogP contribution in [0.25, 0.3) is 11.1 Å². The zero-order valence-electron chi connectivity index (χ0n) is 19.4. The quantitative estimate of drug-likeness (QED) is 0.116. The lowest BCUT2D eigenvalue weighted by Gasteiger charge is -2.27. The lowest BCUT2D eigenvalue weighted by molar-refractivity contribution is 0.0726. The van der Waals surface area contributed by atoms with E-state index in [0.29, 0.717) is 23.7 Å². The van der Waals surface area contributed by atoms with E-state index >= 15 is 0 Å². The van der Waals surface area contributed by atoms with Gasteiger partial charge in [0.25, 0.3) is 0 Å². The molecule has 1 aliphatic carbocycles. The maximum Gasteiger partial charge on any atom is 0.343 e. The molecule has 2 aliphatic rings. The van der Waals surface area contributed by atoms with Gasteiger partial charge < -0.3 is 9.47 Å². The SMILES string of the molecule is C=CC1CCC(c2ccc(-c3ccc(C(=O)Oc4ccc(C5CO5)c(F)c4F)cc3)c(F)c2F)CC1. The Morgan fingerprint density at radius 3 is 2.11 bits per heavy atom. The third-order valence-corrected chi connectivity index (χ3v) is 7.05. The fourth-order valence-electron chi connectivity index (χ4n) is 4.82. The summed E-state index contributed by atoms with van der Waals surface area (Å²) in [5.41, 5.74) is 0.941. The Bertz CT molecular complexity index is 1310. The van der Waals surface area contributed by atoms with Crippen LogP contribution in [0.4, 0.5) is 17.6 Å². The fraction of sp³-hybridized carbons (Fsp3) is 0.276. The van der Waals surface area contributed by atoms with Gasteiger partial charge in [-0.05, 0) is 72.9 Å². The summed E-state index contributed by atoms with van der Waals surface area (Å²) < 4.78 is 68.4. The summed E-state index contributed by atoms with van der Waals surface area (Å²) in [6, 6.07) is 11.3. The molecular weight excluding hydrogens is 472 g/mol. The summed E-state index contributed by atoms with van der Waals surface area (Å²) in [5, 5.41) is 0. The summed E-state index contributed by atoms with van der Waals surface area (Å²) >= 11 is 0. The van der Waals surface area contributed by atoms with E-state index in [4.69, 9.17) is 9.47 Å². The molecule has 0 amide bonds. The van der Waals surface area contributed by atoms with E-state index < -0.39 is 41.1 Å². The molecule has 186 valence electrons. The molecular formula is C29H24F4O3. The van der Waals surface area contributed by atoms with Crippen molar-refractivity contribution in [2.45, 2.75) is 37.7 Å². The number of esters is 1. The highest BCUT2D eigenvalue weighted by molar-refractivity contribution is 5.91. The van der Waals surface area contributed by atoms with Gasteiger partial charge in [-0.3, -0.25) is 0 Å². The highest BCUT2D eigenvalue weighted by atomic mass is 19.2. The number of benzene rings is 3. The van der Waals surface area contributed by atoms with E-state index in [1.54, 1.807) is 12.1 Å². The molecule has 0 spiro atoms. The second-order valence-corrected chi connectivity index (χ2v) is 9.25. The summed E-state index contributed by atoms with van der Waals surface area (Å²) in [7, 11) is 0. The molecule has 1 aliphatic heterocycles. The Labute approximate surface area is 206 Å². The van der Waals surface area contributed by atoms with Crippen LogP contribution in [0.15, 0.2) is 61.2 Å². The van der Waals surface area contributed by atoms with E-state index in [9.17, 15) is 22.4 Å². The summed E-state index contributed by atoms with van der Waals surface area (Å²) in [4.78, 5) is 12.5. The van der Waals surface area contributed by atoms with Gasteiger partial charge in [-0.15, -0.1) is 6.58 Å². The van der Waals surface area contributed by atoms with Gasteiger partial charge in [0.1, 0.15) is 6.10 Å². The minimum Gasteiger partial charge on any atom is -0.420 e. The Hall–Kier alpha value is -3.45. The third kappa shape index (κ3) is 4.67. The van der Waals surface area contributed by atoms with E-state index in [1.165, 1.54) is 36.4 Å². The van der Waals surface area contributed by atoms with Crippen LogP contribution < -0.4 is 4.74 Å². The lowest BCUT2D eigenvalue weighted by Crippen LogP contribution is -2.13. The molecule has 7 heteroatoms. The van der Waals surface area contributed by atoms with Crippen molar-refractivity contribution in [1.82, 2.24) is 0 Å². The van der Waals surface area contributed by atoms with Gasteiger partial charge in [-0.25, -0.2) is 18.0 Å². The van der Waals surface area contributed by atoms with E-state index in [1.807, 2.05) is 6.08 Å². The molecule has 1 saturated carbocycles. The Morgan fingerprint density at radius 2 is 1.47 bits per heavy atom. The van der Waals surface area contributed by atoms with Gasteiger partial charge in [0.2, 0.25) is 5.82 Å². The molecule has 3 aromatic carbocycles. The van der Waals surface area contributed by atoms with Crippen molar-refractivity contribution < 1.29 is 31.8 Å². The minimum absolute atomic E-state index is 0.0296. The van der Waals surface area contributed by atoms with Crippen molar-refractivity contribution >= 4 is 5.97 Å². The van der Waals surface area contributed by atoms with Crippen molar-refractivity contribution in [1.29, 1.82) is 0 Å². The fourth-order valence-corrected chi connectivity index (χ4v) is 4.82. The highest BCUT2D eigenvalue weighted by Gasteiger charge is 2.31. The Morgan fingerprint density at radius 1 is 0.833 bits per heavy atom. The Kier molecular flexibility index (Phi) is 6.67. The van der Waals surface area contributed by atoms with E-state index in [2.05, 4.69) is 6.58 Å². The smallest absolute Gasteiger partial charge is 0.343 e. The van der Waals surface area contributed by atoms with Crippen LogP contribution >= 0.6 is 0 Å². The molecule has 3 aromatic rings. The molecule has 3 nitrogen and oxygen atoms in total. The normalized spacial score (nSPS) is 21.2. The minimum atomic E-state index is -1.27. The molecule has 1 unspecified atom stereocenters. The molecule has 1 atom stereocenters. The molecule has 0 radical (unpaired) electrons. The molecule has 2 fully saturated rings. The van der Waals surface area contributed by atoms with Gasteiger partial charge in [0.05, 0.1) is 12.2 Å². The molecule has 0 N–H and O–H groups in total. The van der Waals surface area contributed by atoms with Crippen LogP contribution in [0.1, 0.15) is 59.2 Å². The van der Waals surface area contributed by atoms with Gasteiger partial charge in [-0.1, -0.05) is 30.3 Å². The first-order valence-electron chi connectivity index (χ1n) is 11.9. The maximum atomic E-state index is 15.0. The van der Waals surface area contributed by atoms with Crippen molar-refractivity contribution in [3.05, 3.63) is 101 Å². The summed E-state index contributed by atoms with van der Waals surface area (Å²) in [6.45, 7) is 4.13. The van der Waals surface area contributed by atoms with Crippen LogP contribution in [0.2, 0.25) is 0 Å². The van der Waals surface area contributed by atoms with Gasteiger partial charge in [0.15, 0.2) is 23.2 Å². The van der Waals surface area contributed by atoms with Gasteiger partial charge in [0, 0.05) is 11.1 Å². The van der Waals surface area contributed by atoms with Crippen molar-refractivity contribution in [3.8, 4) is 16.9 Å². The van der Waals surface area contributed by atoms with Crippen molar-refractivity contribution in [2.75, 3.05) is 6.61 Å². The predicted molar refractivity (Wildman–Crippen MR) is 127 cm³/mol. The second-order valence-electron chi connectivity index (χ2n) is 9.25. The third-order valence-electron chi connectivity index (χ3n) is 7.05. The van der Waals surface area contributed by atoms with Crippen LogP contribution in [0.5, 0.6) is 5.75 Å². The number of epoxide rings is 1. The summed E-state index contributed by atoms with van der Waals surface area (Å²) in [5.74, 6) is -5.24. The number of carbonyl (C=O) groups is 1. The number of ether oxygens (including phenoxy) is 2. The summed E-state index contributed by atoms with van der Waals surface area (Å²) in [6.07, 6.45) is 4.82. The predicted octanol–water partition coefficient (Wildman–Crippen LogP) is 7.66. The number of hydrogen-bond donors (Lipinski definition) is 0. The molecule has 1 heterocycles. The average molecular weight is 497 g/mol. The van der Waals surface area contributed by atoms with Gasteiger partial charge in [-0.2, -0.15) is 4.39 Å².